The number of fused-ring (bicyclic) bond motifs is 1. The molecule has 1 aliphatic heterocycles. The Morgan fingerprint density at radius 3 is 2.62 bits per heavy atom. The van der Waals surface area contributed by atoms with Crippen LogP contribution in [0.4, 0.5) is 4.39 Å². The minimum Gasteiger partial charge on any atom is -0.316 e. The lowest BCUT2D eigenvalue weighted by Crippen LogP contribution is -2.47. The molecule has 2 heterocycles. The number of piperidine rings is 1. The second-order valence-corrected chi connectivity index (χ2v) is 8.05. The smallest absolute Gasteiger partial charge is 0.123 e. The van der Waals surface area contributed by atoms with E-state index < -0.39 is 0 Å². The molecule has 0 amide bonds. The van der Waals surface area contributed by atoms with Gasteiger partial charge in [-0.15, -0.1) is 0 Å². The lowest BCUT2D eigenvalue weighted by molar-refractivity contribution is 0.142. The number of hydrogen-bond donors (Lipinski definition) is 1. The van der Waals surface area contributed by atoms with E-state index in [4.69, 9.17) is 16.9 Å². The van der Waals surface area contributed by atoms with E-state index in [-0.39, 0.29) is 12.0 Å². The van der Waals surface area contributed by atoms with Crippen LogP contribution in [0.2, 0.25) is 5.02 Å². The summed E-state index contributed by atoms with van der Waals surface area (Å²) in [7, 11) is 0. The van der Waals surface area contributed by atoms with Gasteiger partial charge in [0.2, 0.25) is 0 Å². The van der Waals surface area contributed by atoms with Gasteiger partial charge < -0.3 is 4.57 Å². The zero-order valence-corrected chi connectivity index (χ0v) is 17.2. The molecular weight excluding hydrogens is 387 g/mol. The number of nitriles is 1. The Hall–Kier alpha value is -2.39. The Labute approximate surface area is 175 Å². The van der Waals surface area contributed by atoms with Crippen LogP contribution in [0.1, 0.15) is 31.2 Å². The van der Waals surface area contributed by atoms with Crippen molar-refractivity contribution in [3.63, 3.8) is 0 Å². The van der Waals surface area contributed by atoms with Crippen molar-refractivity contribution in [2.24, 2.45) is 0 Å². The lowest BCUT2D eigenvalue weighted by Gasteiger charge is -2.36. The van der Waals surface area contributed by atoms with Gasteiger partial charge in [-0.3, -0.25) is 10.2 Å². The second kappa shape index (κ2) is 8.54. The molecule has 4 nitrogen and oxygen atoms in total. The summed E-state index contributed by atoms with van der Waals surface area (Å²) in [4.78, 5) is 2.39. The molecule has 150 valence electrons. The first-order valence-corrected chi connectivity index (χ1v) is 10.4. The van der Waals surface area contributed by atoms with Gasteiger partial charge in [0.15, 0.2) is 0 Å². The monoisotopic (exact) mass is 410 g/mol. The molecule has 0 bridgehead atoms. The average molecular weight is 411 g/mol. The van der Waals surface area contributed by atoms with E-state index in [1.165, 1.54) is 17.7 Å². The molecule has 1 saturated heterocycles. The van der Waals surface area contributed by atoms with E-state index in [1.807, 2.05) is 18.2 Å². The summed E-state index contributed by atoms with van der Waals surface area (Å²) >= 11 is 6.32. The first-order chi connectivity index (χ1) is 14.1. The predicted molar refractivity (Wildman–Crippen MR) is 115 cm³/mol. The first-order valence-electron chi connectivity index (χ1n) is 9.97. The van der Waals surface area contributed by atoms with Gasteiger partial charge in [0.25, 0.3) is 0 Å². The second-order valence-electron chi connectivity index (χ2n) is 7.62. The molecule has 0 radical (unpaired) electrons. The standard InChI is InChI=1S/C23H24ClFN4/c1-16(27-11-10-26)28-12-8-17(9-13-28)22-15-29(20-5-3-19(25)4-6-20)23-7-2-18(24)14-21(22)23/h2-7,14-17,27H,8-9,11-13H2,1H3. The molecule has 1 aromatic heterocycles. The fourth-order valence-electron chi connectivity index (χ4n) is 4.29. The zero-order valence-electron chi connectivity index (χ0n) is 16.4. The quantitative estimate of drug-likeness (QED) is 0.598. The highest BCUT2D eigenvalue weighted by molar-refractivity contribution is 6.31. The van der Waals surface area contributed by atoms with Crippen molar-refractivity contribution in [3.8, 4) is 11.8 Å². The van der Waals surface area contributed by atoms with Crippen LogP contribution in [0.15, 0.2) is 48.7 Å². The van der Waals surface area contributed by atoms with Crippen molar-refractivity contribution in [2.75, 3.05) is 19.6 Å². The Morgan fingerprint density at radius 1 is 1.21 bits per heavy atom. The maximum absolute atomic E-state index is 13.4. The Morgan fingerprint density at radius 2 is 1.93 bits per heavy atom. The fraction of sp³-hybridized carbons (Fsp3) is 0.348. The van der Waals surface area contributed by atoms with Crippen molar-refractivity contribution in [3.05, 3.63) is 65.1 Å². The van der Waals surface area contributed by atoms with Gasteiger partial charge in [-0.25, -0.2) is 4.39 Å². The number of likely N-dealkylation sites (tertiary alicyclic amines) is 1. The lowest BCUT2D eigenvalue weighted by atomic mass is 9.89. The van der Waals surface area contributed by atoms with Crippen LogP contribution in [0.5, 0.6) is 0 Å². The minimum absolute atomic E-state index is 0.200. The molecule has 1 unspecified atom stereocenters. The molecule has 1 N–H and O–H groups in total. The zero-order chi connectivity index (χ0) is 20.4. The third-order valence-electron chi connectivity index (χ3n) is 5.90. The van der Waals surface area contributed by atoms with Gasteiger partial charge in [0.1, 0.15) is 5.82 Å². The highest BCUT2D eigenvalue weighted by atomic mass is 35.5. The molecule has 6 heteroatoms. The Kier molecular flexibility index (Phi) is 5.86. The molecule has 1 atom stereocenters. The van der Waals surface area contributed by atoms with Crippen LogP contribution in [0, 0.1) is 17.1 Å². The van der Waals surface area contributed by atoms with Crippen molar-refractivity contribution >= 4 is 22.5 Å². The number of hydrogen-bond acceptors (Lipinski definition) is 3. The summed E-state index contributed by atoms with van der Waals surface area (Å²) in [6, 6.07) is 14.7. The molecule has 1 aliphatic rings. The van der Waals surface area contributed by atoms with Crippen molar-refractivity contribution < 1.29 is 4.39 Å². The van der Waals surface area contributed by atoms with Crippen molar-refractivity contribution in [1.29, 1.82) is 5.26 Å². The minimum atomic E-state index is -0.236. The largest absolute Gasteiger partial charge is 0.316 e. The highest BCUT2D eigenvalue weighted by Gasteiger charge is 2.26. The maximum atomic E-state index is 13.4. The summed E-state index contributed by atoms with van der Waals surface area (Å²) < 4.78 is 15.5. The van der Waals surface area contributed by atoms with Gasteiger partial charge in [-0.2, -0.15) is 5.26 Å². The first kappa shape index (κ1) is 19.9. The molecule has 0 aliphatic carbocycles. The van der Waals surface area contributed by atoms with Gasteiger partial charge in [0.05, 0.1) is 24.3 Å². The van der Waals surface area contributed by atoms with Crippen LogP contribution in [-0.2, 0) is 0 Å². The molecular formula is C23H24ClFN4. The molecule has 1 fully saturated rings. The average Bonchev–Trinajstić information content (AvgIpc) is 3.11. The Balaban J connectivity index is 1.62. The number of benzene rings is 2. The van der Waals surface area contributed by atoms with Crippen LogP contribution in [0.25, 0.3) is 16.6 Å². The van der Waals surface area contributed by atoms with Crippen LogP contribution < -0.4 is 5.32 Å². The molecule has 0 spiro atoms. The third-order valence-corrected chi connectivity index (χ3v) is 6.13. The normalized spacial score (nSPS) is 16.8. The summed E-state index contributed by atoms with van der Waals surface area (Å²) in [5, 5.41) is 13.9. The fourth-order valence-corrected chi connectivity index (χ4v) is 4.46. The van der Waals surface area contributed by atoms with E-state index in [9.17, 15) is 4.39 Å². The molecule has 0 saturated carbocycles. The molecule has 3 aromatic rings. The SMILES string of the molecule is CC(NCC#N)N1CCC(c2cn(-c3ccc(F)cc3)c3ccc(Cl)cc23)CC1. The van der Waals surface area contributed by atoms with E-state index >= 15 is 0 Å². The number of nitrogens with zero attached hydrogens (tertiary/aromatic N) is 3. The van der Waals surface area contributed by atoms with E-state index in [0.717, 1.165) is 47.5 Å². The number of aromatic nitrogens is 1. The van der Waals surface area contributed by atoms with Crippen LogP contribution in [-0.4, -0.2) is 35.3 Å². The van der Waals surface area contributed by atoms with Crippen molar-refractivity contribution in [1.82, 2.24) is 14.8 Å². The van der Waals surface area contributed by atoms with Crippen LogP contribution >= 0.6 is 11.6 Å². The van der Waals surface area contributed by atoms with E-state index in [2.05, 4.69) is 34.0 Å². The van der Waals surface area contributed by atoms with Crippen LogP contribution in [0.3, 0.4) is 0 Å². The maximum Gasteiger partial charge on any atom is 0.123 e. The molecule has 2 aromatic carbocycles. The summed E-state index contributed by atoms with van der Waals surface area (Å²) in [5.41, 5.74) is 3.32. The molecule has 29 heavy (non-hydrogen) atoms. The Bertz CT molecular complexity index is 1030. The highest BCUT2D eigenvalue weighted by Crippen LogP contribution is 2.37. The summed E-state index contributed by atoms with van der Waals surface area (Å²) in [5.74, 6) is 0.206. The third kappa shape index (κ3) is 4.16. The summed E-state index contributed by atoms with van der Waals surface area (Å²) in [6.07, 6.45) is 4.48. The van der Waals surface area contributed by atoms with E-state index in [1.54, 1.807) is 12.1 Å². The molecule has 4 rings (SSSR count). The topological polar surface area (TPSA) is 44.0 Å². The van der Waals surface area contributed by atoms with E-state index in [0.29, 0.717) is 12.5 Å². The predicted octanol–water partition coefficient (Wildman–Crippen LogP) is 5.06. The van der Waals surface area contributed by atoms with Gasteiger partial charge in [-0.05, 0) is 73.7 Å². The summed E-state index contributed by atoms with van der Waals surface area (Å²) in [6.45, 7) is 4.44. The number of nitrogens with one attached hydrogen (secondary N) is 1. The number of rotatable bonds is 5. The van der Waals surface area contributed by atoms with Gasteiger partial charge >= 0.3 is 0 Å². The number of halogens is 2. The van der Waals surface area contributed by atoms with Gasteiger partial charge in [0, 0.05) is 35.4 Å². The van der Waals surface area contributed by atoms with Gasteiger partial charge in [-0.1, -0.05) is 11.6 Å². The van der Waals surface area contributed by atoms with Crippen molar-refractivity contribution in [2.45, 2.75) is 31.8 Å².